The first-order valence-electron chi connectivity index (χ1n) is 22.6. The molecule has 65 heavy (non-hydrogen) atoms. The van der Waals surface area contributed by atoms with E-state index in [9.17, 15) is 65.8 Å². The van der Waals surface area contributed by atoms with Gasteiger partial charge in [0.15, 0.2) is 12.1 Å². The fourth-order valence-corrected chi connectivity index (χ4v) is 8.11. The Kier molecular flexibility index (Phi) is 23.8. The Morgan fingerprint density at radius 1 is 0.692 bits per heavy atom. The minimum atomic E-state index is -2.35. The van der Waals surface area contributed by atoms with Gasteiger partial charge in [-0.15, -0.1) is 0 Å². The Morgan fingerprint density at radius 3 is 1.94 bits per heavy atom. The van der Waals surface area contributed by atoms with Gasteiger partial charge in [0.1, 0.15) is 18.1 Å². The number of hydrogen-bond acceptors (Lipinski definition) is 17. The molecule has 0 saturated carbocycles. The number of hydrogen-bond donors (Lipinski definition) is 12. The lowest BCUT2D eigenvalue weighted by Crippen LogP contribution is -2.61. The van der Waals surface area contributed by atoms with Crippen molar-refractivity contribution in [2.24, 2.45) is 23.5 Å². The van der Waals surface area contributed by atoms with Crippen LogP contribution < -0.4 is 5.73 Å². The minimum absolute atomic E-state index is 0.138. The van der Waals surface area contributed by atoms with Crippen LogP contribution in [0.4, 0.5) is 0 Å². The van der Waals surface area contributed by atoms with Gasteiger partial charge in [-0.05, 0) is 52.4 Å². The zero-order chi connectivity index (χ0) is 48.4. The van der Waals surface area contributed by atoms with Crippen LogP contribution in [-0.4, -0.2) is 166 Å². The molecule has 18 heteroatoms. The molecule has 3 aliphatic rings. The summed E-state index contributed by atoms with van der Waals surface area (Å²) in [5, 5.41) is 118. The lowest BCUT2D eigenvalue weighted by Gasteiger charge is -2.45. The first-order chi connectivity index (χ1) is 30.6. The largest absolute Gasteiger partial charge is 0.481 e. The van der Waals surface area contributed by atoms with Gasteiger partial charge in [-0.25, -0.2) is 0 Å². The molecule has 0 amide bonds. The van der Waals surface area contributed by atoms with E-state index in [2.05, 4.69) is 0 Å². The second kappa shape index (κ2) is 27.6. The van der Waals surface area contributed by atoms with Crippen molar-refractivity contribution in [1.82, 2.24) is 0 Å². The Hall–Kier alpha value is -3.18. The van der Waals surface area contributed by atoms with Gasteiger partial charge in [0.05, 0.1) is 79.6 Å². The molecule has 0 spiro atoms. The van der Waals surface area contributed by atoms with E-state index in [0.717, 1.165) is 12.8 Å². The third kappa shape index (κ3) is 18.8. The van der Waals surface area contributed by atoms with Crippen LogP contribution in [0.25, 0.3) is 0 Å². The predicted molar refractivity (Wildman–Crippen MR) is 237 cm³/mol. The molecule has 18 nitrogen and oxygen atoms in total. The van der Waals surface area contributed by atoms with Crippen LogP contribution in [0.5, 0.6) is 0 Å². The van der Waals surface area contributed by atoms with Gasteiger partial charge in [-0.1, -0.05) is 86.8 Å². The molecule has 2 saturated heterocycles. The summed E-state index contributed by atoms with van der Waals surface area (Å²) in [7, 11) is 0. The number of carbonyl (C=O) groups excluding carboxylic acids is 1. The van der Waals surface area contributed by atoms with E-state index in [1.165, 1.54) is 13.0 Å². The summed E-state index contributed by atoms with van der Waals surface area (Å²) < 4.78 is 23.2. The molecule has 0 radical (unpaired) electrons. The summed E-state index contributed by atoms with van der Waals surface area (Å²) in [6.07, 6.45) is 2.28. The number of aliphatic hydroxyl groups is 10. The van der Waals surface area contributed by atoms with E-state index in [1.54, 1.807) is 38.2 Å². The summed E-state index contributed by atoms with van der Waals surface area (Å²) in [6.45, 7) is 6.78. The lowest BCUT2D eigenvalue weighted by molar-refractivity contribution is -0.310. The number of allylic oxidation sites excluding steroid dienone is 10. The number of carboxylic acids is 1. The molecule has 19 atom stereocenters. The maximum Gasteiger partial charge on any atom is 0.311 e. The van der Waals surface area contributed by atoms with Crippen LogP contribution in [0.15, 0.2) is 72.9 Å². The van der Waals surface area contributed by atoms with Gasteiger partial charge in [-0.3, -0.25) is 9.59 Å². The first-order valence-corrected chi connectivity index (χ1v) is 22.6. The van der Waals surface area contributed by atoms with Crippen molar-refractivity contribution in [3.63, 3.8) is 0 Å². The van der Waals surface area contributed by atoms with E-state index < -0.39 is 141 Å². The SMILES string of the molecule is C[C@@H]1[C@H](O)[C@@H](C)/C=C\C=C/CC\C=C/C=C\C=C/C=C\[C@H](O[C@H]2O[C@H](C)[C@@H](O)[C@H](N)[C@@H]2O)C[C@H]2O[C@](O)(C[C@@H](O)[C@@H](O)CC[C@@H](O)C[C@@H](O)C[C@@H](O)CC(=O)O[C@H]1C)C[C@H](O)[C@@H]2C(=O)O. The number of aliphatic hydroxyl groups excluding tert-OH is 9. The van der Waals surface area contributed by atoms with Crippen molar-refractivity contribution in [3.05, 3.63) is 72.9 Å². The third-order valence-corrected chi connectivity index (χ3v) is 12.2. The summed E-state index contributed by atoms with van der Waals surface area (Å²) >= 11 is 0. The number of ether oxygens (including phenoxy) is 4. The highest BCUT2D eigenvalue weighted by atomic mass is 16.7. The minimum Gasteiger partial charge on any atom is -0.481 e. The molecule has 0 aromatic carbocycles. The molecule has 0 aromatic heterocycles. The molecule has 3 heterocycles. The molecular weight excluding hydrogens is 851 g/mol. The van der Waals surface area contributed by atoms with E-state index in [4.69, 9.17) is 24.7 Å². The van der Waals surface area contributed by atoms with Crippen molar-refractivity contribution in [2.75, 3.05) is 0 Å². The fraction of sp³-hybridized carbons (Fsp3) is 0.702. The maximum absolute atomic E-state index is 12.6. The topological polar surface area (TPSA) is 320 Å². The van der Waals surface area contributed by atoms with E-state index in [0.29, 0.717) is 0 Å². The standard InChI is InChI=1S/C47H75NO17/c1-27-17-15-13-11-9-7-5-6-8-10-12-14-16-18-34(64-46-44(58)41(48)43(57)30(4)63-46)24-38-40(45(59)60)37(54)26-47(61,65-38)25-36(53)35(52)20-19-31(49)21-32(50)22-33(51)23-39(55)62-29(3)28(2)42(27)56/h5-6,8,10-18,27-38,40-44,46,49-54,56-58,61H,7,9,19-26,48H2,1-4H3,(H,59,60)/b6-5-,10-8-,13-11-,14-12-,17-15-,18-16-/t27-,28-,29-,30+,31+,32+,33+,34-,35-,36+,37-,38+,40-,41-,42+,43+,44-,46+,47+/m0/s1. The zero-order valence-corrected chi connectivity index (χ0v) is 37.8. The average Bonchev–Trinajstić information content (AvgIpc) is 3.21. The summed E-state index contributed by atoms with van der Waals surface area (Å²) in [5.74, 6) is -6.82. The van der Waals surface area contributed by atoms with Gasteiger partial charge in [0.25, 0.3) is 0 Å². The van der Waals surface area contributed by atoms with Crippen molar-refractivity contribution in [2.45, 2.75) is 189 Å². The number of rotatable bonds is 3. The summed E-state index contributed by atoms with van der Waals surface area (Å²) in [4.78, 5) is 25.1. The number of esters is 1. The number of nitrogens with two attached hydrogens (primary N) is 1. The molecule has 0 unspecified atom stereocenters. The van der Waals surface area contributed by atoms with Gasteiger partial charge < -0.3 is 80.9 Å². The quantitative estimate of drug-likeness (QED) is 0.175. The average molecular weight is 926 g/mol. The Morgan fingerprint density at radius 2 is 1.28 bits per heavy atom. The number of fused-ring (bicyclic) bond motifs is 2. The van der Waals surface area contributed by atoms with Gasteiger partial charge in [0, 0.05) is 31.1 Å². The Labute approximate surface area is 381 Å². The molecule has 13 N–H and O–H groups in total. The molecule has 0 aromatic rings. The third-order valence-electron chi connectivity index (χ3n) is 12.2. The molecule has 3 aliphatic heterocycles. The molecule has 2 fully saturated rings. The molecular formula is C47H75NO17. The van der Waals surface area contributed by atoms with Crippen molar-refractivity contribution >= 4 is 11.9 Å². The van der Waals surface area contributed by atoms with Crippen LogP contribution in [0.1, 0.15) is 91.9 Å². The van der Waals surface area contributed by atoms with Crippen LogP contribution >= 0.6 is 0 Å². The highest BCUT2D eigenvalue weighted by Crippen LogP contribution is 2.38. The summed E-state index contributed by atoms with van der Waals surface area (Å²) in [6, 6.07) is -1.14. The molecule has 3 rings (SSSR count). The fourth-order valence-electron chi connectivity index (χ4n) is 8.11. The Bertz CT molecular complexity index is 1620. The second-order valence-corrected chi connectivity index (χ2v) is 17.8. The van der Waals surface area contributed by atoms with Crippen molar-refractivity contribution in [1.29, 1.82) is 0 Å². The molecule has 2 bridgehead atoms. The van der Waals surface area contributed by atoms with Crippen molar-refractivity contribution < 1.29 is 84.7 Å². The molecule has 370 valence electrons. The van der Waals surface area contributed by atoms with E-state index in [1.807, 2.05) is 49.5 Å². The molecule has 0 aliphatic carbocycles. The second-order valence-electron chi connectivity index (χ2n) is 17.8. The lowest BCUT2D eigenvalue weighted by atomic mass is 9.82. The Balaban J connectivity index is 1.84. The van der Waals surface area contributed by atoms with Gasteiger partial charge >= 0.3 is 11.9 Å². The van der Waals surface area contributed by atoms with Crippen LogP contribution in [0.3, 0.4) is 0 Å². The van der Waals surface area contributed by atoms with Crippen LogP contribution in [-0.2, 0) is 28.5 Å². The first kappa shape index (κ1) is 56.1. The van der Waals surface area contributed by atoms with Crippen LogP contribution in [0, 0.1) is 17.8 Å². The number of carbonyl (C=O) groups is 2. The predicted octanol–water partition coefficient (Wildman–Crippen LogP) is 0.936. The van der Waals surface area contributed by atoms with E-state index >= 15 is 0 Å². The van der Waals surface area contributed by atoms with Gasteiger partial charge in [-0.2, -0.15) is 0 Å². The zero-order valence-electron chi connectivity index (χ0n) is 37.8. The number of cyclic esters (lactones) is 1. The van der Waals surface area contributed by atoms with Gasteiger partial charge in [0.2, 0.25) is 0 Å². The smallest absolute Gasteiger partial charge is 0.311 e. The maximum atomic E-state index is 12.6. The summed E-state index contributed by atoms with van der Waals surface area (Å²) in [5.41, 5.74) is 6.02. The number of aliphatic carboxylic acids is 1. The van der Waals surface area contributed by atoms with Crippen molar-refractivity contribution in [3.8, 4) is 0 Å². The number of carboxylic acid groups (broad SMARTS) is 1. The monoisotopic (exact) mass is 926 g/mol. The highest BCUT2D eigenvalue weighted by molar-refractivity contribution is 5.71. The van der Waals surface area contributed by atoms with Crippen LogP contribution in [0.2, 0.25) is 0 Å². The highest BCUT2D eigenvalue weighted by Gasteiger charge is 2.51. The normalized spacial score (nSPS) is 45.2. The van der Waals surface area contributed by atoms with E-state index in [-0.39, 0.29) is 38.0 Å².